The van der Waals surface area contributed by atoms with E-state index in [1.807, 2.05) is 13.0 Å². The molecule has 0 radical (unpaired) electrons. The first-order chi connectivity index (χ1) is 10.1. The lowest BCUT2D eigenvalue weighted by atomic mass is 10.0. The average molecular weight is 331 g/mol. The third kappa shape index (κ3) is 3.38. The second-order valence-electron chi connectivity index (χ2n) is 4.65. The highest BCUT2D eigenvalue weighted by Gasteiger charge is 2.48. The summed E-state index contributed by atoms with van der Waals surface area (Å²) in [5, 5.41) is 0. The van der Waals surface area contributed by atoms with Crippen LogP contribution in [0.2, 0.25) is 0 Å². The molecule has 1 aromatic carbocycles. The van der Waals surface area contributed by atoms with E-state index in [1.165, 1.54) is 18.2 Å². The molecule has 22 heavy (non-hydrogen) atoms. The van der Waals surface area contributed by atoms with Crippen LogP contribution in [0.5, 0.6) is 5.75 Å². The van der Waals surface area contributed by atoms with Crippen molar-refractivity contribution in [3.8, 4) is 16.9 Å². The standard InChI is InChI=1S/C14H12F3NO3S/c1-9-7-12(21-22(19,20)14(15,16)17)5-6-13(9)11-4-3-10(2)18-8-11/h3-8H,1-2H3. The molecule has 0 saturated carbocycles. The van der Waals surface area contributed by atoms with Gasteiger partial charge in [0.2, 0.25) is 0 Å². The Morgan fingerprint density at radius 2 is 1.77 bits per heavy atom. The number of halogens is 3. The first kappa shape index (κ1) is 16.3. The van der Waals surface area contributed by atoms with Crippen molar-refractivity contribution in [3.63, 3.8) is 0 Å². The Hall–Kier alpha value is -2.09. The summed E-state index contributed by atoms with van der Waals surface area (Å²) in [5.74, 6) is -0.390. The van der Waals surface area contributed by atoms with E-state index in [1.54, 1.807) is 19.2 Å². The summed E-state index contributed by atoms with van der Waals surface area (Å²) < 4.78 is 62.9. The molecule has 118 valence electrons. The molecule has 0 aliphatic carbocycles. The Morgan fingerprint density at radius 1 is 1.09 bits per heavy atom. The Labute approximate surface area is 125 Å². The number of nitrogens with zero attached hydrogens (tertiary/aromatic N) is 1. The minimum atomic E-state index is -5.66. The first-order valence-corrected chi connectivity index (χ1v) is 7.55. The number of rotatable bonds is 3. The maximum Gasteiger partial charge on any atom is 0.534 e. The van der Waals surface area contributed by atoms with Gasteiger partial charge in [-0.05, 0) is 43.2 Å². The van der Waals surface area contributed by atoms with Crippen LogP contribution in [0.3, 0.4) is 0 Å². The average Bonchev–Trinajstić information content (AvgIpc) is 2.38. The van der Waals surface area contributed by atoms with Crippen molar-refractivity contribution in [2.45, 2.75) is 19.4 Å². The maximum absolute atomic E-state index is 12.3. The highest BCUT2D eigenvalue weighted by atomic mass is 32.2. The third-order valence-electron chi connectivity index (χ3n) is 2.91. The van der Waals surface area contributed by atoms with Gasteiger partial charge in [0.25, 0.3) is 0 Å². The molecule has 0 aliphatic rings. The number of alkyl halides is 3. The number of hydrogen-bond donors (Lipinski definition) is 0. The highest BCUT2D eigenvalue weighted by molar-refractivity contribution is 7.88. The Balaban J connectivity index is 2.33. The number of benzene rings is 1. The zero-order valence-electron chi connectivity index (χ0n) is 11.7. The SMILES string of the molecule is Cc1ccc(-c2ccc(OS(=O)(=O)C(F)(F)F)cc2C)cn1. The van der Waals surface area contributed by atoms with Crippen molar-refractivity contribution < 1.29 is 25.8 Å². The van der Waals surface area contributed by atoms with E-state index in [2.05, 4.69) is 9.17 Å². The molecule has 0 bridgehead atoms. The van der Waals surface area contributed by atoms with Crippen LogP contribution in [-0.4, -0.2) is 18.9 Å². The first-order valence-electron chi connectivity index (χ1n) is 6.14. The van der Waals surface area contributed by atoms with Gasteiger partial charge in [0, 0.05) is 17.5 Å². The topological polar surface area (TPSA) is 56.3 Å². The predicted octanol–water partition coefficient (Wildman–Crippen LogP) is 3.59. The van der Waals surface area contributed by atoms with Gasteiger partial charge in [0.1, 0.15) is 5.75 Å². The van der Waals surface area contributed by atoms with E-state index in [0.717, 1.165) is 16.8 Å². The molecule has 0 N–H and O–H groups in total. The number of aryl methyl sites for hydroxylation is 2. The predicted molar refractivity (Wildman–Crippen MR) is 74.7 cm³/mol. The third-order valence-corrected chi connectivity index (χ3v) is 3.89. The second kappa shape index (κ2) is 5.60. The highest BCUT2D eigenvalue weighted by Crippen LogP contribution is 2.30. The van der Waals surface area contributed by atoms with Gasteiger partial charge in [-0.1, -0.05) is 12.1 Å². The maximum atomic E-state index is 12.3. The van der Waals surface area contributed by atoms with Gasteiger partial charge in [-0.3, -0.25) is 4.98 Å². The van der Waals surface area contributed by atoms with Crippen LogP contribution in [0.15, 0.2) is 36.5 Å². The summed E-state index contributed by atoms with van der Waals surface area (Å²) in [6.45, 7) is 3.47. The fourth-order valence-electron chi connectivity index (χ4n) is 1.81. The molecule has 0 fully saturated rings. The Bertz CT molecular complexity index is 784. The minimum absolute atomic E-state index is 0.390. The molecule has 0 atom stereocenters. The van der Waals surface area contributed by atoms with Crippen molar-refractivity contribution in [1.29, 1.82) is 0 Å². The van der Waals surface area contributed by atoms with Gasteiger partial charge in [-0.25, -0.2) is 0 Å². The summed E-state index contributed by atoms with van der Waals surface area (Å²) >= 11 is 0. The molecular formula is C14H12F3NO3S. The number of aromatic nitrogens is 1. The van der Waals surface area contributed by atoms with Crippen LogP contribution in [0.25, 0.3) is 11.1 Å². The van der Waals surface area contributed by atoms with E-state index in [4.69, 9.17) is 0 Å². The van der Waals surface area contributed by atoms with Crippen LogP contribution in [0, 0.1) is 13.8 Å². The van der Waals surface area contributed by atoms with Crippen molar-refractivity contribution >= 4 is 10.1 Å². The molecule has 0 aliphatic heterocycles. The monoisotopic (exact) mass is 331 g/mol. The van der Waals surface area contributed by atoms with E-state index < -0.39 is 21.4 Å². The zero-order chi connectivity index (χ0) is 16.5. The summed E-state index contributed by atoms with van der Waals surface area (Å²) in [4.78, 5) is 4.13. The molecule has 2 aromatic rings. The largest absolute Gasteiger partial charge is 0.534 e. The molecule has 2 rings (SSSR count). The van der Waals surface area contributed by atoms with Gasteiger partial charge in [0.05, 0.1) is 0 Å². The summed E-state index contributed by atoms with van der Waals surface area (Å²) in [7, 11) is -5.66. The molecule has 1 heterocycles. The lowest BCUT2D eigenvalue weighted by Crippen LogP contribution is -2.28. The Morgan fingerprint density at radius 3 is 2.27 bits per heavy atom. The van der Waals surface area contributed by atoms with Crippen LogP contribution < -0.4 is 4.18 Å². The Kier molecular flexibility index (Phi) is 4.15. The molecular weight excluding hydrogens is 319 g/mol. The second-order valence-corrected chi connectivity index (χ2v) is 6.19. The van der Waals surface area contributed by atoms with E-state index >= 15 is 0 Å². The zero-order valence-corrected chi connectivity index (χ0v) is 12.5. The molecule has 8 heteroatoms. The smallest absolute Gasteiger partial charge is 0.376 e. The number of hydrogen-bond acceptors (Lipinski definition) is 4. The van der Waals surface area contributed by atoms with Crippen molar-refractivity contribution in [2.75, 3.05) is 0 Å². The lowest BCUT2D eigenvalue weighted by molar-refractivity contribution is -0.0500. The van der Waals surface area contributed by atoms with Crippen molar-refractivity contribution in [1.82, 2.24) is 4.98 Å². The summed E-state index contributed by atoms with van der Waals surface area (Å²) in [5.41, 5.74) is -2.56. The molecule has 0 amide bonds. The van der Waals surface area contributed by atoms with Gasteiger partial charge < -0.3 is 4.18 Å². The normalized spacial score (nSPS) is 12.2. The van der Waals surface area contributed by atoms with Crippen LogP contribution >= 0.6 is 0 Å². The van der Waals surface area contributed by atoms with Gasteiger partial charge in [0.15, 0.2) is 0 Å². The molecule has 1 aromatic heterocycles. The quantitative estimate of drug-likeness (QED) is 0.637. The van der Waals surface area contributed by atoms with Crippen molar-refractivity contribution in [3.05, 3.63) is 47.8 Å². The summed E-state index contributed by atoms with van der Waals surface area (Å²) in [6.07, 6.45) is 1.63. The molecule has 4 nitrogen and oxygen atoms in total. The van der Waals surface area contributed by atoms with Gasteiger partial charge in [-0.15, -0.1) is 0 Å². The molecule has 0 saturated heterocycles. The van der Waals surface area contributed by atoms with Crippen LogP contribution in [0.1, 0.15) is 11.3 Å². The molecule has 0 spiro atoms. The van der Waals surface area contributed by atoms with Gasteiger partial charge >= 0.3 is 15.6 Å². The van der Waals surface area contributed by atoms with E-state index in [-0.39, 0.29) is 0 Å². The van der Waals surface area contributed by atoms with Crippen LogP contribution in [-0.2, 0) is 10.1 Å². The van der Waals surface area contributed by atoms with Crippen molar-refractivity contribution in [2.24, 2.45) is 0 Å². The molecule has 0 unspecified atom stereocenters. The van der Waals surface area contributed by atoms with E-state index in [9.17, 15) is 21.6 Å². The van der Waals surface area contributed by atoms with Gasteiger partial charge in [-0.2, -0.15) is 21.6 Å². The fourth-order valence-corrected chi connectivity index (χ4v) is 2.26. The lowest BCUT2D eigenvalue weighted by Gasteiger charge is -2.12. The van der Waals surface area contributed by atoms with E-state index in [0.29, 0.717) is 5.56 Å². The summed E-state index contributed by atoms with van der Waals surface area (Å²) in [6, 6.07) is 7.51. The minimum Gasteiger partial charge on any atom is -0.376 e. The fraction of sp³-hybridized carbons (Fsp3) is 0.214. The number of pyridine rings is 1. The van der Waals surface area contributed by atoms with Crippen LogP contribution in [0.4, 0.5) is 13.2 Å².